The highest BCUT2D eigenvalue weighted by molar-refractivity contribution is 6.71. The average molecular weight is 701 g/mol. The molecule has 4 aliphatic heterocycles. The molecule has 3 aromatic carbocycles. The number of rotatable bonds is 8. The Morgan fingerprint density at radius 2 is 1.84 bits per heavy atom. The number of nitrogens with zero attached hydrogens (tertiary/aromatic N) is 4. The third-order valence-corrected chi connectivity index (χ3v) is 13.3. The van der Waals surface area contributed by atoms with Gasteiger partial charge in [-0.15, -0.1) is 0 Å². The van der Waals surface area contributed by atoms with E-state index in [2.05, 4.69) is 0 Å². The molecule has 13 nitrogen and oxygen atoms in total. The number of anilines is 2. The third kappa shape index (κ3) is 5.56. The Morgan fingerprint density at radius 3 is 2.52 bits per heavy atom. The number of aliphatic hydroxyl groups is 1. The highest BCUT2D eigenvalue weighted by atomic mass is 28.4. The van der Waals surface area contributed by atoms with Crippen molar-refractivity contribution in [3.63, 3.8) is 0 Å². The molecule has 262 valence electrons. The van der Waals surface area contributed by atoms with Gasteiger partial charge in [-0.2, -0.15) is 0 Å². The molecule has 0 saturated carbocycles. The molecule has 0 radical (unpaired) electrons. The van der Waals surface area contributed by atoms with Crippen LogP contribution in [-0.4, -0.2) is 77.9 Å². The molecule has 3 amide bonds. The molecule has 0 aliphatic carbocycles. The van der Waals surface area contributed by atoms with E-state index in [9.17, 15) is 34.4 Å². The fourth-order valence-corrected chi connectivity index (χ4v) is 11.1. The summed E-state index contributed by atoms with van der Waals surface area (Å²) in [7, 11) is -3.15. The van der Waals surface area contributed by atoms with Gasteiger partial charge in [0.1, 0.15) is 6.61 Å². The lowest BCUT2D eigenvalue weighted by Crippen LogP contribution is -2.48. The van der Waals surface area contributed by atoms with Crippen molar-refractivity contribution >= 4 is 43.3 Å². The zero-order valence-corrected chi connectivity index (χ0v) is 29.2. The van der Waals surface area contributed by atoms with Crippen molar-refractivity contribution < 1.29 is 38.7 Å². The number of carbonyl (C=O) groups excluding carboxylic acids is 3. The fourth-order valence-electron chi connectivity index (χ4n) is 8.50. The maximum Gasteiger partial charge on any atom is 0.414 e. The monoisotopic (exact) mass is 700 g/mol. The molecule has 50 heavy (non-hydrogen) atoms. The summed E-state index contributed by atoms with van der Waals surface area (Å²) < 4.78 is 11.9. The standard InChI is InChI=1S/C36H40N4O9Si/c1-22-33(50(2,3)47)31(18-32(42)38-20-25-9-5-4-8-24(25)16-28(38)21-41)49-36(22)29-17-27(40(45)46)11-12-30(29)39(34(36)43)19-23-7-6-10-26(15-23)37-13-14-48-35(37)44/h4-12,15,17,22,28,31,33,41,47H,13-14,16,18-21H2,1-3H3/t22-,28-,31+,33-,36+/m0/s1. The summed E-state index contributed by atoms with van der Waals surface area (Å²) in [6.07, 6.45) is -0.969. The van der Waals surface area contributed by atoms with Gasteiger partial charge < -0.3 is 29.2 Å². The van der Waals surface area contributed by atoms with Gasteiger partial charge in [-0.1, -0.05) is 43.3 Å². The van der Waals surface area contributed by atoms with Gasteiger partial charge in [-0.25, -0.2) is 4.79 Å². The first-order valence-electron chi connectivity index (χ1n) is 16.8. The maximum atomic E-state index is 14.9. The zero-order valence-electron chi connectivity index (χ0n) is 28.2. The lowest BCUT2D eigenvalue weighted by atomic mass is 9.82. The molecule has 0 unspecified atom stereocenters. The van der Waals surface area contributed by atoms with Crippen LogP contribution in [0.25, 0.3) is 0 Å². The second-order valence-corrected chi connectivity index (χ2v) is 18.2. The number of fused-ring (bicyclic) bond motifs is 3. The predicted octanol–water partition coefficient (Wildman–Crippen LogP) is 4.23. The minimum absolute atomic E-state index is 0.0811. The summed E-state index contributed by atoms with van der Waals surface area (Å²) in [5, 5.41) is 22.3. The highest BCUT2D eigenvalue weighted by Gasteiger charge is 2.66. The van der Waals surface area contributed by atoms with Crippen LogP contribution >= 0.6 is 0 Å². The van der Waals surface area contributed by atoms with Crippen molar-refractivity contribution in [2.24, 2.45) is 5.92 Å². The molecule has 0 aromatic heterocycles. The Balaban J connectivity index is 1.25. The molecule has 2 fully saturated rings. The number of cyclic esters (lactones) is 1. The summed E-state index contributed by atoms with van der Waals surface area (Å²) in [6, 6.07) is 18.8. The first kappa shape index (κ1) is 33.8. The lowest BCUT2D eigenvalue weighted by molar-refractivity contribution is -0.385. The van der Waals surface area contributed by atoms with Crippen LogP contribution in [-0.2, 0) is 44.2 Å². The number of nitro groups is 1. The molecular weight excluding hydrogens is 661 g/mol. The van der Waals surface area contributed by atoms with Crippen LogP contribution in [0.1, 0.15) is 35.6 Å². The summed E-state index contributed by atoms with van der Waals surface area (Å²) >= 11 is 0. The molecule has 0 bridgehead atoms. The van der Waals surface area contributed by atoms with Crippen molar-refractivity contribution in [1.82, 2.24) is 4.90 Å². The second kappa shape index (κ2) is 12.6. The normalized spacial score (nSPS) is 26.0. The van der Waals surface area contributed by atoms with E-state index in [4.69, 9.17) is 9.47 Å². The van der Waals surface area contributed by atoms with Crippen LogP contribution in [0.4, 0.5) is 21.9 Å². The minimum Gasteiger partial charge on any atom is -0.447 e. The number of carbonyl (C=O) groups is 3. The second-order valence-electron chi connectivity index (χ2n) is 14.2. The third-order valence-electron chi connectivity index (χ3n) is 10.8. The Morgan fingerprint density at radius 1 is 1.08 bits per heavy atom. The van der Waals surface area contributed by atoms with Crippen LogP contribution in [0.2, 0.25) is 18.6 Å². The van der Waals surface area contributed by atoms with E-state index >= 15 is 0 Å². The maximum absolute atomic E-state index is 14.9. The molecule has 1 spiro atoms. The van der Waals surface area contributed by atoms with Gasteiger partial charge in [0.25, 0.3) is 11.6 Å². The van der Waals surface area contributed by atoms with Crippen molar-refractivity contribution in [3.05, 3.63) is 99.1 Å². The smallest absolute Gasteiger partial charge is 0.414 e. The number of non-ortho nitro benzene ring substituents is 1. The van der Waals surface area contributed by atoms with Gasteiger partial charge in [0.15, 0.2) is 13.9 Å². The molecule has 2 N–H and O–H groups in total. The first-order chi connectivity index (χ1) is 23.8. The van der Waals surface area contributed by atoms with Gasteiger partial charge in [0.05, 0.1) is 48.9 Å². The summed E-state index contributed by atoms with van der Waals surface area (Å²) in [6.45, 7) is 6.17. The highest BCUT2D eigenvalue weighted by Crippen LogP contribution is 2.60. The number of hydrogen-bond acceptors (Lipinski definition) is 9. The van der Waals surface area contributed by atoms with E-state index in [1.807, 2.05) is 37.3 Å². The number of nitro benzene ring substituents is 1. The summed E-state index contributed by atoms with van der Waals surface area (Å²) in [4.78, 5) is 69.1. The van der Waals surface area contributed by atoms with Crippen molar-refractivity contribution in [2.45, 2.75) is 69.2 Å². The van der Waals surface area contributed by atoms with E-state index in [1.54, 1.807) is 42.3 Å². The van der Waals surface area contributed by atoms with Crippen molar-refractivity contribution in [1.29, 1.82) is 0 Å². The van der Waals surface area contributed by atoms with Gasteiger partial charge in [-0.05, 0) is 54.4 Å². The van der Waals surface area contributed by atoms with E-state index in [-0.39, 0.29) is 37.8 Å². The molecular formula is C36H40N4O9Si. The molecule has 14 heteroatoms. The van der Waals surface area contributed by atoms with E-state index in [0.717, 1.165) is 11.1 Å². The Labute approximate surface area is 290 Å². The fraction of sp³-hybridized carbons (Fsp3) is 0.417. The number of hydrogen-bond donors (Lipinski definition) is 2. The van der Waals surface area contributed by atoms with Crippen LogP contribution in [0.3, 0.4) is 0 Å². The molecule has 2 saturated heterocycles. The minimum atomic E-state index is -3.15. The predicted molar refractivity (Wildman–Crippen MR) is 185 cm³/mol. The number of benzene rings is 3. The van der Waals surface area contributed by atoms with E-state index in [1.165, 1.54) is 21.9 Å². The Bertz CT molecular complexity index is 1880. The first-order valence-corrected chi connectivity index (χ1v) is 19.9. The van der Waals surface area contributed by atoms with Crippen molar-refractivity contribution in [3.8, 4) is 0 Å². The lowest BCUT2D eigenvalue weighted by Gasteiger charge is -2.37. The number of amides is 3. The molecule has 3 aromatic rings. The Kier molecular flexibility index (Phi) is 8.53. The quantitative estimate of drug-likeness (QED) is 0.199. The molecule has 4 aliphatic rings. The molecule has 7 rings (SSSR count). The van der Waals surface area contributed by atoms with Crippen LogP contribution in [0.15, 0.2) is 66.7 Å². The summed E-state index contributed by atoms with van der Waals surface area (Å²) in [5.74, 6) is -1.36. The van der Waals surface area contributed by atoms with E-state index < -0.39 is 54.4 Å². The van der Waals surface area contributed by atoms with Crippen LogP contribution < -0.4 is 9.80 Å². The van der Waals surface area contributed by atoms with Gasteiger partial charge in [0, 0.05) is 41.4 Å². The average Bonchev–Trinajstić information content (AvgIpc) is 3.72. The molecule has 5 atom stereocenters. The van der Waals surface area contributed by atoms with Crippen LogP contribution in [0.5, 0.6) is 0 Å². The molecule has 4 heterocycles. The topological polar surface area (TPSA) is 163 Å². The Hall–Kier alpha value is -4.63. The SMILES string of the molecule is C[C@H]1[C@H]([Si](C)(C)O)[C@@H](CC(=O)N2Cc3ccccc3C[C@H]2CO)O[C@]12C(=O)N(Cc1cccc(N3CCOC3=O)c1)c1ccc([N+](=O)[O-])cc12. The van der Waals surface area contributed by atoms with Gasteiger partial charge in [-0.3, -0.25) is 24.6 Å². The number of aliphatic hydroxyl groups excluding tert-OH is 1. The van der Waals surface area contributed by atoms with E-state index in [0.29, 0.717) is 42.0 Å². The van der Waals surface area contributed by atoms with Crippen molar-refractivity contribution in [2.75, 3.05) is 29.6 Å². The number of ether oxygens (including phenoxy) is 2. The van der Waals surface area contributed by atoms with Crippen LogP contribution in [0, 0.1) is 16.0 Å². The summed E-state index contributed by atoms with van der Waals surface area (Å²) in [5.41, 5.74) is 1.65. The zero-order chi connectivity index (χ0) is 35.5. The largest absolute Gasteiger partial charge is 0.447 e. The van der Waals surface area contributed by atoms with Gasteiger partial charge in [0.2, 0.25) is 5.91 Å². The van der Waals surface area contributed by atoms with Gasteiger partial charge >= 0.3 is 6.09 Å².